The molecule has 3 aromatic rings. The number of hydrogen-bond donors (Lipinski definition) is 1. The highest BCUT2D eigenvalue weighted by Gasteiger charge is 2.34. The number of rotatable bonds is 7. The monoisotopic (exact) mass is 426 g/mol. The number of nitrogens with zero attached hydrogens (tertiary/aromatic N) is 3. The molecule has 0 bridgehead atoms. The van der Waals surface area contributed by atoms with Crippen molar-refractivity contribution in [3.63, 3.8) is 0 Å². The molecule has 1 amide bonds. The minimum Gasteiger partial charge on any atom is -0.383 e. The summed E-state index contributed by atoms with van der Waals surface area (Å²) in [6.45, 7) is 1.71. The zero-order valence-corrected chi connectivity index (χ0v) is 17.2. The highest BCUT2D eigenvalue weighted by molar-refractivity contribution is 6.04. The lowest BCUT2D eigenvalue weighted by Crippen LogP contribution is -2.32. The summed E-state index contributed by atoms with van der Waals surface area (Å²) in [7, 11) is 1.66. The van der Waals surface area contributed by atoms with E-state index in [4.69, 9.17) is 4.74 Å². The normalized spacial score (nSPS) is 18.9. The van der Waals surface area contributed by atoms with Crippen molar-refractivity contribution >= 4 is 11.6 Å². The number of halogens is 2. The zero-order chi connectivity index (χ0) is 21.8. The molecular formula is C23H24F2N4O2. The second-order valence-electron chi connectivity index (χ2n) is 7.69. The molecule has 8 heteroatoms. The van der Waals surface area contributed by atoms with Crippen molar-refractivity contribution in [2.24, 2.45) is 0 Å². The van der Waals surface area contributed by atoms with Crippen LogP contribution in [0.4, 0.5) is 14.5 Å². The number of carbonyl (C=O) groups is 1. The number of aromatic nitrogens is 2. The van der Waals surface area contributed by atoms with Crippen LogP contribution in [-0.2, 0) is 11.3 Å². The third-order valence-corrected chi connectivity index (χ3v) is 5.52. The van der Waals surface area contributed by atoms with Crippen LogP contribution in [0.5, 0.6) is 0 Å². The molecule has 0 aliphatic carbocycles. The number of amides is 1. The minimum atomic E-state index is -0.464. The van der Waals surface area contributed by atoms with Gasteiger partial charge in [-0.05, 0) is 30.7 Å². The van der Waals surface area contributed by atoms with Gasteiger partial charge in [-0.3, -0.25) is 14.4 Å². The topological polar surface area (TPSA) is 59.4 Å². The molecule has 2 heterocycles. The molecular weight excluding hydrogens is 402 g/mol. The smallest absolute Gasteiger partial charge is 0.255 e. The van der Waals surface area contributed by atoms with Crippen LogP contribution in [0, 0.1) is 11.6 Å². The van der Waals surface area contributed by atoms with E-state index >= 15 is 0 Å². The van der Waals surface area contributed by atoms with Crippen LogP contribution < -0.4 is 5.32 Å². The largest absolute Gasteiger partial charge is 0.383 e. The lowest BCUT2D eigenvalue weighted by atomic mass is 10.1. The van der Waals surface area contributed by atoms with E-state index in [9.17, 15) is 13.6 Å². The molecule has 1 saturated heterocycles. The number of benzene rings is 2. The Bertz CT molecular complexity index is 1060. The highest BCUT2D eigenvalue weighted by Crippen LogP contribution is 2.30. The second-order valence-corrected chi connectivity index (χ2v) is 7.69. The van der Waals surface area contributed by atoms with Gasteiger partial charge in [0.25, 0.3) is 5.91 Å². The second kappa shape index (κ2) is 9.36. The molecule has 2 aromatic carbocycles. The Morgan fingerprint density at radius 2 is 2.06 bits per heavy atom. The Morgan fingerprint density at radius 1 is 1.23 bits per heavy atom. The van der Waals surface area contributed by atoms with Gasteiger partial charge in [0, 0.05) is 43.6 Å². The molecule has 162 valence electrons. The number of likely N-dealkylation sites (tertiary alicyclic amines) is 1. The first-order valence-electron chi connectivity index (χ1n) is 10.1. The zero-order valence-electron chi connectivity index (χ0n) is 17.2. The van der Waals surface area contributed by atoms with Crippen molar-refractivity contribution in [3.8, 4) is 0 Å². The van der Waals surface area contributed by atoms with Gasteiger partial charge in [-0.1, -0.05) is 24.3 Å². The van der Waals surface area contributed by atoms with E-state index in [2.05, 4.69) is 15.3 Å². The molecule has 0 saturated carbocycles. The fourth-order valence-electron chi connectivity index (χ4n) is 3.99. The van der Waals surface area contributed by atoms with Crippen molar-refractivity contribution in [1.29, 1.82) is 0 Å². The summed E-state index contributed by atoms with van der Waals surface area (Å²) in [5.74, 6) is -1.08. The van der Waals surface area contributed by atoms with Gasteiger partial charge in [-0.2, -0.15) is 5.10 Å². The van der Waals surface area contributed by atoms with Crippen molar-refractivity contribution < 1.29 is 18.3 Å². The molecule has 0 unspecified atom stereocenters. The molecule has 31 heavy (non-hydrogen) atoms. The van der Waals surface area contributed by atoms with Crippen LogP contribution in [0.1, 0.15) is 28.4 Å². The third-order valence-electron chi connectivity index (χ3n) is 5.52. The molecule has 1 aliphatic rings. The maximum absolute atomic E-state index is 14.1. The number of nitrogens with one attached hydrogen (secondary N) is 1. The Kier molecular flexibility index (Phi) is 6.39. The average Bonchev–Trinajstić information content (AvgIpc) is 3.37. The van der Waals surface area contributed by atoms with Crippen LogP contribution in [0.2, 0.25) is 0 Å². The molecule has 4 rings (SSSR count). The van der Waals surface area contributed by atoms with Crippen LogP contribution in [0.3, 0.4) is 0 Å². The van der Waals surface area contributed by atoms with E-state index in [-0.39, 0.29) is 23.5 Å². The summed E-state index contributed by atoms with van der Waals surface area (Å²) in [6.07, 6.45) is 4.13. The Morgan fingerprint density at radius 3 is 2.84 bits per heavy atom. The molecule has 1 aliphatic heterocycles. The molecule has 1 aromatic heterocycles. The Balaban J connectivity index is 1.44. The maximum atomic E-state index is 14.1. The summed E-state index contributed by atoms with van der Waals surface area (Å²) in [6, 6.07) is 12.5. The Labute approximate surface area is 179 Å². The van der Waals surface area contributed by atoms with Gasteiger partial charge in [0.2, 0.25) is 0 Å². The Hall–Kier alpha value is -3.10. The summed E-state index contributed by atoms with van der Waals surface area (Å²) < 4.78 is 34.7. The predicted molar refractivity (Wildman–Crippen MR) is 113 cm³/mol. The van der Waals surface area contributed by atoms with Gasteiger partial charge in [0.1, 0.15) is 11.6 Å². The molecule has 1 fully saturated rings. The van der Waals surface area contributed by atoms with Gasteiger partial charge in [0.15, 0.2) is 0 Å². The lowest BCUT2D eigenvalue weighted by Gasteiger charge is -2.23. The molecule has 2 atom stereocenters. The van der Waals surface area contributed by atoms with Crippen molar-refractivity contribution in [1.82, 2.24) is 14.7 Å². The molecule has 0 radical (unpaired) electrons. The molecule has 6 nitrogen and oxygen atoms in total. The first-order valence-corrected chi connectivity index (χ1v) is 10.1. The molecule has 1 N–H and O–H groups in total. The minimum absolute atomic E-state index is 0.0618. The van der Waals surface area contributed by atoms with Gasteiger partial charge in [-0.25, -0.2) is 8.78 Å². The fraction of sp³-hybridized carbons (Fsp3) is 0.304. The first-order chi connectivity index (χ1) is 15.0. The maximum Gasteiger partial charge on any atom is 0.255 e. The first kappa shape index (κ1) is 21.1. The summed E-state index contributed by atoms with van der Waals surface area (Å²) >= 11 is 0. The summed E-state index contributed by atoms with van der Waals surface area (Å²) in [5.41, 5.74) is 1.42. The van der Waals surface area contributed by atoms with Gasteiger partial charge in [0.05, 0.1) is 24.5 Å². The standard InChI is InChI=1S/C23H24F2N4O2/c1-31-15-21-10-20(14-28(21)12-17-5-2-3-8-22(17)25)29-13-19(11-26-29)27-23(30)16-6-4-7-18(24)9-16/h2-9,11,13,20-21H,10,12,14-15H2,1H3,(H,27,30)/t20-,21-/m0/s1. The van der Waals surface area contributed by atoms with E-state index in [0.29, 0.717) is 30.9 Å². The van der Waals surface area contributed by atoms with E-state index in [1.165, 1.54) is 24.3 Å². The molecule has 0 spiro atoms. The van der Waals surface area contributed by atoms with Gasteiger partial charge >= 0.3 is 0 Å². The van der Waals surface area contributed by atoms with Gasteiger partial charge < -0.3 is 10.1 Å². The number of ether oxygens (including phenoxy) is 1. The van der Waals surface area contributed by atoms with E-state index in [1.54, 1.807) is 37.7 Å². The quantitative estimate of drug-likeness (QED) is 0.623. The lowest BCUT2D eigenvalue weighted by molar-refractivity contribution is 0.102. The van der Waals surface area contributed by atoms with E-state index in [0.717, 1.165) is 6.42 Å². The van der Waals surface area contributed by atoms with Gasteiger partial charge in [-0.15, -0.1) is 0 Å². The van der Waals surface area contributed by atoms with E-state index in [1.807, 2.05) is 10.7 Å². The van der Waals surface area contributed by atoms with Crippen molar-refractivity contribution in [2.45, 2.75) is 25.0 Å². The summed E-state index contributed by atoms with van der Waals surface area (Å²) in [5, 5.41) is 7.15. The highest BCUT2D eigenvalue weighted by atomic mass is 19.1. The third kappa shape index (κ3) is 4.98. The number of anilines is 1. The van der Waals surface area contributed by atoms with Crippen LogP contribution >= 0.6 is 0 Å². The van der Waals surface area contributed by atoms with Crippen molar-refractivity contribution in [3.05, 3.63) is 83.7 Å². The van der Waals surface area contributed by atoms with E-state index < -0.39 is 11.7 Å². The number of methoxy groups -OCH3 is 1. The van der Waals surface area contributed by atoms with Crippen LogP contribution in [0.25, 0.3) is 0 Å². The SMILES string of the molecule is COC[C@@H]1C[C@H](n2cc(NC(=O)c3cccc(F)c3)cn2)CN1Cc1ccccc1F. The summed E-state index contributed by atoms with van der Waals surface area (Å²) in [4.78, 5) is 14.5. The van der Waals surface area contributed by atoms with Crippen LogP contribution in [-0.4, -0.2) is 46.9 Å². The number of hydrogen-bond acceptors (Lipinski definition) is 4. The average molecular weight is 426 g/mol. The fourth-order valence-corrected chi connectivity index (χ4v) is 3.99. The van der Waals surface area contributed by atoms with Crippen LogP contribution in [0.15, 0.2) is 60.9 Å². The number of carbonyl (C=O) groups excluding carboxylic acids is 1. The van der Waals surface area contributed by atoms with Crippen molar-refractivity contribution in [2.75, 3.05) is 25.6 Å². The predicted octanol–water partition coefficient (Wildman–Crippen LogP) is 3.88.